The molecule has 6 heteroatoms. The van der Waals surface area contributed by atoms with Crippen LogP contribution in [0.25, 0.3) is 10.7 Å². The van der Waals surface area contributed by atoms with Crippen molar-refractivity contribution >= 4 is 27.3 Å². The normalized spacial score (nSPS) is 17.6. The van der Waals surface area contributed by atoms with Crippen LogP contribution >= 0.6 is 27.3 Å². The van der Waals surface area contributed by atoms with Gasteiger partial charge in [0.05, 0.1) is 4.88 Å². The average Bonchev–Trinajstić information content (AvgIpc) is 2.76. The Bertz CT molecular complexity index is 544. The second-order valence-electron chi connectivity index (χ2n) is 4.48. The fraction of sp³-hybridized carbons (Fsp3) is 0.455. The Morgan fingerprint density at radius 3 is 2.76 bits per heavy atom. The summed E-state index contributed by atoms with van der Waals surface area (Å²) in [6, 6.07) is 2.01. The van der Waals surface area contributed by atoms with Gasteiger partial charge in [0.15, 0.2) is 0 Å². The van der Waals surface area contributed by atoms with Gasteiger partial charge in [-0.25, -0.2) is 0 Å². The number of hydrogen-bond donors (Lipinski definition) is 0. The Morgan fingerprint density at radius 2 is 2.24 bits per heavy atom. The molecule has 1 aliphatic carbocycles. The SMILES string of the molecule is CN(C)C1(c2nc(-c3cc(Br)cs3)no2)CC1. The highest BCUT2D eigenvalue weighted by Gasteiger charge is 2.51. The van der Waals surface area contributed by atoms with Crippen molar-refractivity contribution in [3.63, 3.8) is 0 Å². The van der Waals surface area contributed by atoms with Crippen LogP contribution in [0.4, 0.5) is 0 Å². The molecule has 0 spiro atoms. The summed E-state index contributed by atoms with van der Waals surface area (Å²) in [7, 11) is 4.11. The molecule has 1 fully saturated rings. The van der Waals surface area contributed by atoms with Crippen LogP contribution < -0.4 is 0 Å². The van der Waals surface area contributed by atoms with Gasteiger partial charge in [0, 0.05) is 9.85 Å². The van der Waals surface area contributed by atoms with Crippen molar-refractivity contribution in [2.75, 3.05) is 14.1 Å². The first-order chi connectivity index (χ1) is 8.12. The maximum absolute atomic E-state index is 5.41. The highest BCUT2D eigenvalue weighted by molar-refractivity contribution is 9.10. The zero-order chi connectivity index (χ0) is 12.0. The molecule has 0 aliphatic heterocycles. The van der Waals surface area contributed by atoms with Crippen molar-refractivity contribution in [2.45, 2.75) is 18.4 Å². The fourth-order valence-corrected chi connectivity index (χ4v) is 3.27. The lowest BCUT2D eigenvalue weighted by atomic mass is 10.2. The molecule has 0 unspecified atom stereocenters. The molecule has 0 bridgehead atoms. The van der Waals surface area contributed by atoms with Crippen LogP contribution in [0.5, 0.6) is 0 Å². The van der Waals surface area contributed by atoms with Crippen molar-refractivity contribution < 1.29 is 4.52 Å². The lowest BCUT2D eigenvalue weighted by Gasteiger charge is -2.18. The average molecular weight is 314 g/mol. The molecule has 1 aliphatic rings. The van der Waals surface area contributed by atoms with E-state index in [4.69, 9.17) is 4.52 Å². The molecule has 3 rings (SSSR count). The first kappa shape index (κ1) is 11.4. The van der Waals surface area contributed by atoms with Gasteiger partial charge in [-0.2, -0.15) is 4.98 Å². The highest BCUT2D eigenvalue weighted by Crippen LogP contribution is 2.49. The summed E-state index contributed by atoms with van der Waals surface area (Å²) in [5, 5.41) is 6.08. The largest absolute Gasteiger partial charge is 0.337 e. The summed E-state index contributed by atoms with van der Waals surface area (Å²) in [6.07, 6.45) is 2.19. The molecule has 0 aromatic carbocycles. The third-order valence-corrected chi connectivity index (χ3v) is 4.88. The molecule has 0 saturated heterocycles. The van der Waals surface area contributed by atoms with E-state index in [1.165, 1.54) is 0 Å². The summed E-state index contributed by atoms with van der Waals surface area (Å²) >= 11 is 5.04. The quantitative estimate of drug-likeness (QED) is 0.873. The molecule has 0 radical (unpaired) electrons. The first-order valence-electron chi connectivity index (χ1n) is 5.38. The van der Waals surface area contributed by atoms with Gasteiger partial charge in [-0.15, -0.1) is 11.3 Å². The van der Waals surface area contributed by atoms with Crippen LogP contribution in [0, 0.1) is 0 Å². The monoisotopic (exact) mass is 313 g/mol. The molecular weight excluding hydrogens is 302 g/mol. The van der Waals surface area contributed by atoms with E-state index in [0.717, 1.165) is 28.1 Å². The minimum atomic E-state index is -0.0141. The van der Waals surface area contributed by atoms with Crippen LogP contribution in [0.2, 0.25) is 0 Å². The Labute approximate surface area is 112 Å². The van der Waals surface area contributed by atoms with Gasteiger partial charge in [0.25, 0.3) is 0 Å². The zero-order valence-corrected chi connectivity index (χ0v) is 12.0. The lowest BCUT2D eigenvalue weighted by molar-refractivity contribution is 0.208. The van der Waals surface area contributed by atoms with Crippen molar-refractivity contribution in [3.05, 3.63) is 21.8 Å². The van der Waals surface area contributed by atoms with Gasteiger partial charge in [-0.3, -0.25) is 4.90 Å². The molecule has 1 saturated carbocycles. The van der Waals surface area contributed by atoms with E-state index >= 15 is 0 Å². The van der Waals surface area contributed by atoms with E-state index in [0.29, 0.717) is 5.82 Å². The number of halogens is 1. The minimum Gasteiger partial charge on any atom is -0.337 e. The summed E-state index contributed by atoms with van der Waals surface area (Å²) < 4.78 is 6.46. The Balaban J connectivity index is 1.94. The van der Waals surface area contributed by atoms with Crippen LogP contribution in [-0.4, -0.2) is 29.1 Å². The summed E-state index contributed by atoms with van der Waals surface area (Å²) in [5.74, 6) is 1.42. The fourth-order valence-electron chi connectivity index (χ4n) is 1.91. The number of rotatable bonds is 3. The molecule has 90 valence electrons. The maximum atomic E-state index is 5.41. The molecule has 0 N–H and O–H groups in total. The second-order valence-corrected chi connectivity index (χ2v) is 6.31. The maximum Gasteiger partial charge on any atom is 0.247 e. The van der Waals surface area contributed by atoms with E-state index in [1.807, 2.05) is 11.4 Å². The van der Waals surface area contributed by atoms with E-state index in [2.05, 4.69) is 45.1 Å². The van der Waals surface area contributed by atoms with Gasteiger partial charge >= 0.3 is 0 Å². The summed E-state index contributed by atoms with van der Waals surface area (Å²) in [5.41, 5.74) is -0.0141. The first-order valence-corrected chi connectivity index (χ1v) is 7.05. The number of hydrogen-bond acceptors (Lipinski definition) is 5. The van der Waals surface area contributed by atoms with Crippen LogP contribution in [0.1, 0.15) is 18.7 Å². The van der Waals surface area contributed by atoms with Gasteiger partial charge in [-0.1, -0.05) is 5.16 Å². The smallest absolute Gasteiger partial charge is 0.247 e. The molecule has 2 heterocycles. The molecule has 2 aromatic rings. The molecular formula is C11H12BrN3OS. The Morgan fingerprint density at radius 1 is 1.47 bits per heavy atom. The number of aromatic nitrogens is 2. The van der Waals surface area contributed by atoms with Crippen molar-refractivity contribution in [3.8, 4) is 10.7 Å². The zero-order valence-electron chi connectivity index (χ0n) is 9.61. The topological polar surface area (TPSA) is 42.2 Å². The molecule has 0 amide bonds. The third kappa shape index (κ3) is 1.84. The van der Waals surface area contributed by atoms with Crippen LogP contribution in [0.3, 0.4) is 0 Å². The van der Waals surface area contributed by atoms with Crippen LogP contribution in [0.15, 0.2) is 20.4 Å². The van der Waals surface area contributed by atoms with Crippen molar-refractivity contribution in [1.82, 2.24) is 15.0 Å². The van der Waals surface area contributed by atoms with Gasteiger partial charge in [0.1, 0.15) is 5.54 Å². The minimum absolute atomic E-state index is 0.0141. The summed E-state index contributed by atoms with van der Waals surface area (Å²) in [6.45, 7) is 0. The molecule has 0 atom stereocenters. The van der Waals surface area contributed by atoms with Crippen molar-refractivity contribution in [2.24, 2.45) is 0 Å². The van der Waals surface area contributed by atoms with Gasteiger partial charge in [-0.05, 0) is 48.9 Å². The third-order valence-electron chi connectivity index (χ3n) is 3.19. The second kappa shape index (κ2) is 3.90. The van der Waals surface area contributed by atoms with Crippen LogP contribution in [-0.2, 0) is 5.54 Å². The summed E-state index contributed by atoms with van der Waals surface area (Å²) in [4.78, 5) is 7.71. The van der Waals surface area contributed by atoms with Gasteiger partial charge in [0.2, 0.25) is 11.7 Å². The highest BCUT2D eigenvalue weighted by atomic mass is 79.9. The lowest BCUT2D eigenvalue weighted by Crippen LogP contribution is -2.27. The number of thiophene rings is 1. The molecule has 2 aromatic heterocycles. The number of nitrogens with zero attached hydrogens (tertiary/aromatic N) is 3. The van der Waals surface area contributed by atoms with E-state index in [1.54, 1.807) is 11.3 Å². The Hall–Kier alpha value is -0.720. The van der Waals surface area contributed by atoms with E-state index < -0.39 is 0 Å². The predicted molar refractivity (Wildman–Crippen MR) is 69.9 cm³/mol. The van der Waals surface area contributed by atoms with E-state index in [-0.39, 0.29) is 5.54 Å². The Kier molecular flexibility index (Phi) is 2.61. The van der Waals surface area contributed by atoms with E-state index in [9.17, 15) is 0 Å². The van der Waals surface area contributed by atoms with Gasteiger partial charge < -0.3 is 4.52 Å². The predicted octanol–water partition coefficient (Wildman–Crippen LogP) is 3.11. The molecule has 17 heavy (non-hydrogen) atoms. The molecule has 4 nitrogen and oxygen atoms in total. The standard InChI is InChI=1S/C11H12BrN3OS/c1-15(2)11(3-4-11)10-13-9(14-16-10)8-5-7(12)6-17-8/h5-6H,3-4H2,1-2H3. The van der Waals surface area contributed by atoms with Crippen molar-refractivity contribution in [1.29, 1.82) is 0 Å².